The minimum Gasteiger partial charge on any atom is -0.478 e. The number of dihydropyridines is 1. The molecule has 5 nitrogen and oxygen atoms in total. The summed E-state index contributed by atoms with van der Waals surface area (Å²) in [4.78, 5) is 23.9. The highest BCUT2D eigenvalue weighted by molar-refractivity contribution is 7.10. The number of nitrogens with one attached hydrogen (secondary N) is 1. The zero-order chi connectivity index (χ0) is 14.7. The standard InChI is InChI=1S/C13H12FNO4S/c1-7-2-3-20-11(7)10-8(12(16)17)4-15-5-9(10)13(18)19-6-14/h2-5,10,15H,6H2,1H3,(H,16,17). The van der Waals surface area contributed by atoms with Crippen LogP contribution in [0.2, 0.25) is 0 Å². The third-order valence-electron chi connectivity index (χ3n) is 2.93. The van der Waals surface area contributed by atoms with E-state index < -0.39 is 24.7 Å². The average molecular weight is 297 g/mol. The second-order valence-corrected chi connectivity index (χ2v) is 5.06. The van der Waals surface area contributed by atoms with Gasteiger partial charge in [-0.3, -0.25) is 0 Å². The summed E-state index contributed by atoms with van der Waals surface area (Å²) in [6, 6.07) is 1.83. The molecular formula is C13H12FNO4S. The molecule has 1 atom stereocenters. The average Bonchev–Trinajstić information content (AvgIpc) is 2.84. The van der Waals surface area contributed by atoms with Gasteiger partial charge in [0.15, 0.2) is 0 Å². The van der Waals surface area contributed by atoms with Gasteiger partial charge in [0.1, 0.15) is 0 Å². The van der Waals surface area contributed by atoms with E-state index in [9.17, 15) is 19.1 Å². The number of thiophene rings is 1. The molecule has 1 aliphatic heterocycles. The highest BCUT2D eigenvalue weighted by Gasteiger charge is 2.34. The lowest BCUT2D eigenvalue weighted by Crippen LogP contribution is -2.25. The molecule has 2 rings (SSSR count). The Morgan fingerprint density at radius 3 is 2.70 bits per heavy atom. The van der Waals surface area contributed by atoms with Gasteiger partial charge in [-0.05, 0) is 23.9 Å². The van der Waals surface area contributed by atoms with Crippen LogP contribution in [0.4, 0.5) is 4.39 Å². The zero-order valence-corrected chi connectivity index (χ0v) is 11.4. The van der Waals surface area contributed by atoms with Gasteiger partial charge in [-0.1, -0.05) is 0 Å². The number of halogens is 1. The molecule has 1 aromatic rings. The highest BCUT2D eigenvalue weighted by atomic mass is 32.1. The topological polar surface area (TPSA) is 75.6 Å². The smallest absolute Gasteiger partial charge is 0.338 e. The first-order valence-electron chi connectivity index (χ1n) is 5.72. The minimum atomic E-state index is -1.25. The maximum absolute atomic E-state index is 12.2. The Balaban J connectivity index is 2.46. The van der Waals surface area contributed by atoms with Gasteiger partial charge in [0.2, 0.25) is 6.86 Å². The van der Waals surface area contributed by atoms with E-state index in [1.54, 1.807) is 0 Å². The Kier molecular flexibility index (Phi) is 4.19. The van der Waals surface area contributed by atoms with Crippen LogP contribution in [-0.4, -0.2) is 23.9 Å². The number of rotatable bonds is 4. The van der Waals surface area contributed by atoms with Crippen LogP contribution in [0.15, 0.2) is 35.0 Å². The van der Waals surface area contributed by atoms with E-state index in [1.807, 2.05) is 18.4 Å². The second kappa shape index (κ2) is 5.87. The number of aryl methyl sites for hydroxylation is 1. The fourth-order valence-corrected chi connectivity index (χ4v) is 3.08. The zero-order valence-electron chi connectivity index (χ0n) is 10.6. The maximum Gasteiger partial charge on any atom is 0.338 e. The lowest BCUT2D eigenvalue weighted by atomic mass is 9.87. The van der Waals surface area contributed by atoms with Crippen LogP contribution in [0.5, 0.6) is 0 Å². The van der Waals surface area contributed by atoms with Crippen LogP contribution in [0.25, 0.3) is 0 Å². The summed E-state index contributed by atoms with van der Waals surface area (Å²) in [7, 11) is 0. The molecule has 0 spiro atoms. The van der Waals surface area contributed by atoms with Crippen molar-refractivity contribution in [1.82, 2.24) is 5.32 Å². The first kappa shape index (κ1) is 14.3. The van der Waals surface area contributed by atoms with E-state index >= 15 is 0 Å². The van der Waals surface area contributed by atoms with Gasteiger partial charge >= 0.3 is 11.9 Å². The first-order valence-corrected chi connectivity index (χ1v) is 6.60. The van der Waals surface area contributed by atoms with E-state index in [2.05, 4.69) is 10.1 Å². The van der Waals surface area contributed by atoms with E-state index in [0.717, 1.165) is 10.4 Å². The first-order chi connectivity index (χ1) is 9.56. The van der Waals surface area contributed by atoms with Crippen molar-refractivity contribution in [1.29, 1.82) is 0 Å². The van der Waals surface area contributed by atoms with E-state index in [4.69, 9.17) is 0 Å². The summed E-state index contributed by atoms with van der Waals surface area (Å²) < 4.78 is 16.5. The van der Waals surface area contributed by atoms with Crippen molar-refractivity contribution in [3.63, 3.8) is 0 Å². The van der Waals surface area contributed by atoms with Gasteiger partial charge in [0.05, 0.1) is 17.1 Å². The molecule has 106 valence electrons. The number of hydrogen-bond acceptors (Lipinski definition) is 5. The molecule has 2 N–H and O–H groups in total. The van der Waals surface area contributed by atoms with E-state index in [1.165, 1.54) is 23.7 Å². The quantitative estimate of drug-likeness (QED) is 0.832. The second-order valence-electron chi connectivity index (χ2n) is 4.11. The lowest BCUT2D eigenvalue weighted by molar-refractivity contribution is -0.143. The molecule has 0 saturated carbocycles. The fraction of sp³-hybridized carbons (Fsp3) is 0.231. The van der Waals surface area contributed by atoms with Crippen molar-refractivity contribution in [3.05, 3.63) is 45.4 Å². The number of carbonyl (C=O) groups excluding carboxylic acids is 1. The Bertz CT molecular complexity index is 605. The van der Waals surface area contributed by atoms with Crippen molar-refractivity contribution in [2.24, 2.45) is 0 Å². The number of carbonyl (C=O) groups is 2. The maximum atomic E-state index is 12.2. The van der Waals surface area contributed by atoms with Crippen molar-refractivity contribution in [2.45, 2.75) is 12.8 Å². The molecule has 0 amide bonds. The Hall–Kier alpha value is -2.15. The predicted octanol–water partition coefficient (Wildman–Crippen LogP) is 2.07. The van der Waals surface area contributed by atoms with Crippen LogP contribution in [0, 0.1) is 6.92 Å². The molecule has 1 aromatic heterocycles. The molecule has 1 aliphatic rings. The fourth-order valence-electron chi connectivity index (χ4n) is 2.01. The summed E-state index contributed by atoms with van der Waals surface area (Å²) in [6.45, 7) is 0.573. The molecule has 20 heavy (non-hydrogen) atoms. The third kappa shape index (κ3) is 2.57. The molecule has 1 unspecified atom stereocenters. The van der Waals surface area contributed by atoms with Crippen LogP contribution < -0.4 is 5.32 Å². The number of aliphatic carboxylic acids is 1. The number of hydrogen-bond donors (Lipinski definition) is 2. The van der Waals surface area contributed by atoms with Crippen molar-refractivity contribution >= 4 is 23.3 Å². The number of carboxylic acid groups (broad SMARTS) is 1. The van der Waals surface area contributed by atoms with E-state index in [-0.39, 0.29) is 11.1 Å². The number of esters is 1. The van der Waals surface area contributed by atoms with Crippen LogP contribution in [-0.2, 0) is 14.3 Å². The van der Waals surface area contributed by atoms with Gasteiger partial charge < -0.3 is 15.2 Å². The van der Waals surface area contributed by atoms with Gasteiger partial charge in [-0.15, -0.1) is 11.3 Å². The molecule has 0 aliphatic carbocycles. The normalized spacial score (nSPS) is 17.8. The summed E-state index contributed by atoms with van der Waals surface area (Å²) in [5, 5.41) is 13.7. The Morgan fingerprint density at radius 2 is 2.15 bits per heavy atom. The molecule has 0 fully saturated rings. The largest absolute Gasteiger partial charge is 0.478 e. The molecule has 0 radical (unpaired) electrons. The molecule has 0 aromatic carbocycles. The van der Waals surface area contributed by atoms with Crippen LogP contribution >= 0.6 is 11.3 Å². The highest BCUT2D eigenvalue weighted by Crippen LogP contribution is 2.38. The minimum absolute atomic E-state index is 0.0175. The molecule has 0 bridgehead atoms. The SMILES string of the molecule is Cc1ccsc1C1C(C(=O)O)=CNC=C1C(=O)OCF. The molecule has 0 saturated heterocycles. The monoisotopic (exact) mass is 297 g/mol. The summed E-state index contributed by atoms with van der Waals surface area (Å²) in [5.41, 5.74) is 0.963. The molecule has 2 heterocycles. The van der Waals surface area contributed by atoms with Gasteiger partial charge in [-0.25, -0.2) is 14.0 Å². The van der Waals surface area contributed by atoms with Crippen LogP contribution in [0.3, 0.4) is 0 Å². The Labute approximate surface area is 118 Å². The molecule has 7 heteroatoms. The van der Waals surface area contributed by atoms with Gasteiger partial charge in [0, 0.05) is 17.3 Å². The number of carboxylic acids is 1. The lowest BCUT2D eigenvalue weighted by Gasteiger charge is -2.23. The number of alkyl halides is 1. The van der Waals surface area contributed by atoms with Crippen LogP contribution in [0.1, 0.15) is 16.4 Å². The Morgan fingerprint density at radius 1 is 1.45 bits per heavy atom. The van der Waals surface area contributed by atoms with E-state index in [0.29, 0.717) is 0 Å². The summed E-state index contributed by atoms with van der Waals surface area (Å²) >= 11 is 1.34. The van der Waals surface area contributed by atoms with Gasteiger partial charge in [-0.2, -0.15) is 0 Å². The third-order valence-corrected chi connectivity index (χ3v) is 4.02. The van der Waals surface area contributed by atoms with Crippen molar-refractivity contribution in [2.75, 3.05) is 6.86 Å². The van der Waals surface area contributed by atoms with Gasteiger partial charge in [0.25, 0.3) is 0 Å². The predicted molar refractivity (Wildman–Crippen MR) is 70.8 cm³/mol. The summed E-state index contributed by atoms with van der Waals surface area (Å²) in [6.07, 6.45) is 2.66. The van der Waals surface area contributed by atoms with Crippen molar-refractivity contribution < 1.29 is 23.8 Å². The summed E-state index contributed by atoms with van der Waals surface area (Å²) in [5.74, 6) is -2.77. The van der Waals surface area contributed by atoms with Crippen molar-refractivity contribution in [3.8, 4) is 0 Å². The number of ether oxygens (including phenoxy) is 1. The molecular weight excluding hydrogens is 285 g/mol.